The number of carbonyl (C=O) groups is 2. The molecule has 134 valence electrons. The van der Waals surface area contributed by atoms with Gasteiger partial charge in [-0.1, -0.05) is 36.4 Å². The first kappa shape index (κ1) is 16.8. The Morgan fingerprint density at radius 2 is 1.88 bits per heavy atom. The molecule has 2 atom stereocenters. The number of amides is 2. The first-order valence-corrected chi connectivity index (χ1v) is 9.19. The molecule has 2 aromatic rings. The standard InChI is InChI=1S/C21H23N3O2/c1-15-6-5-9-19(22-15)21(26)23-13-17-10-11-18(14-23)24(20(17)25)12-16-7-3-2-4-8-16/h2-9,17-18H,10-14H2,1H3. The summed E-state index contributed by atoms with van der Waals surface area (Å²) >= 11 is 0. The minimum atomic E-state index is -0.105. The van der Waals surface area contributed by atoms with E-state index in [9.17, 15) is 9.59 Å². The Labute approximate surface area is 153 Å². The Morgan fingerprint density at radius 1 is 1.08 bits per heavy atom. The Kier molecular flexibility index (Phi) is 4.45. The van der Waals surface area contributed by atoms with Crippen molar-refractivity contribution in [3.05, 3.63) is 65.5 Å². The fraction of sp³-hybridized carbons (Fsp3) is 0.381. The largest absolute Gasteiger partial charge is 0.334 e. The Bertz CT molecular complexity index is 821. The van der Waals surface area contributed by atoms with Crippen LogP contribution < -0.4 is 0 Å². The van der Waals surface area contributed by atoms with Gasteiger partial charge in [0.15, 0.2) is 0 Å². The second-order valence-corrected chi connectivity index (χ2v) is 7.25. The molecule has 1 aromatic heterocycles. The highest BCUT2D eigenvalue weighted by molar-refractivity contribution is 5.93. The van der Waals surface area contributed by atoms with Crippen molar-refractivity contribution in [3.8, 4) is 0 Å². The monoisotopic (exact) mass is 349 g/mol. The zero-order valence-electron chi connectivity index (χ0n) is 15.0. The van der Waals surface area contributed by atoms with Crippen molar-refractivity contribution in [2.75, 3.05) is 13.1 Å². The second-order valence-electron chi connectivity index (χ2n) is 7.25. The molecule has 26 heavy (non-hydrogen) atoms. The molecule has 2 bridgehead atoms. The molecule has 0 aliphatic carbocycles. The van der Waals surface area contributed by atoms with Gasteiger partial charge in [0.2, 0.25) is 5.91 Å². The summed E-state index contributed by atoms with van der Waals surface area (Å²) in [6.07, 6.45) is 1.81. The quantitative estimate of drug-likeness (QED) is 0.856. The van der Waals surface area contributed by atoms with E-state index in [2.05, 4.69) is 4.98 Å². The topological polar surface area (TPSA) is 53.5 Å². The number of hydrogen-bond donors (Lipinski definition) is 0. The molecule has 2 unspecified atom stereocenters. The van der Waals surface area contributed by atoms with Crippen LogP contribution in [0.2, 0.25) is 0 Å². The summed E-state index contributed by atoms with van der Waals surface area (Å²) < 4.78 is 0. The summed E-state index contributed by atoms with van der Waals surface area (Å²) in [5, 5.41) is 0. The van der Waals surface area contributed by atoms with E-state index in [0.29, 0.717) is 25.3 Å². The van der Waals surface area contributed by atoms with Crippen LogP contribution in [0.25, 0.3) is 0 Å². The maximum absolute atomic E-state index is 12.9. The number of fused-ring (bicyclic) bond motifs is 4. The van der Waals surface area contributed by atoms with Gasteiger partial charge in [-0.05, 0) is 37.5 Å². The number of piperidine rings is 1. The third-order valence-electron chi connectivity index (χ3n) is 5.38. The van der Waals surface area contributed by atoms with Crippen LogP contribution in [0.4, 0.5) is 0 Å². The van der Waals surface area contributed by atoms with Crippen LogP contribution in [0, 0.1) is 12.8 Å². The highest BCUT2D eigenvalue weighted by atomic mass is 16.2. The number of aryl methyl sites for hydroxylation is 1. The van der Waals surface area contributed by atoms with Crippen LogP contribution in [0.3, 0.4) is 0 Å². The molecular formula is C21H23N3O2. The fourth-order valence-electron chi connectivity index (χ4n) is 4.02. The molecule has 5 rings (SSSR count). The summed E-state index contributed by atoms with van der Waals surface area (Å²) in [4.78, 5) is 34.0. The number of nitrogens with zero attached hydrogens (tertiary/aromatic N) is 3. The summed E-state index contributed by atoms with van der Waals surface area (Å²) in [7, 11) is 0. The molecule has 0 radical (unpaired) electrons. The molecule has 3 aliphatic heterocycles. The van der Waals surface area contributed by atoms with Crippen LogP contribution in [-0.4, -0.2) is 45.7 Å². The molecule has 0 saturated carbocycles. The number of hydrogen-bond acceptors (Lipinski definition) is 3. The molecular weight excluding hydrogens is 326 g/mol. The van der Waals surface area contributed by atoms with E-state index in [-0.39, 0.29) is 23.8 Å². The maximum atomic E-state index is 12.9. The Hall–Kier alpha value is -2.69. The van der Waals surface area contributed by atoms with Gasteiger partial charge in [-0.25, -0.2) is 4.98 Å². The number of benzene rings is 1. The second kappa shape index (κ2) is 6.90. The third kappa shape index (κ3) is 3.21. The number of carbonyl (C=O) groups excluding carboxylic acids is 2. The van der Waals surface area contributed by atoms with Crippen molar-refractivity contribution in [3.63, 3.8) is 0 Å². The van der Waals surface area contributed by atoms with Crippen molar-refractivity contribution in [2.24, 2.45) is 5.92 Å². The van der Waals surface area contributed by atoms with E-state index in [4.69, 9.17) is 0 Å². The summed E-state index contributed by atoms with van der Waals surface area (Å²) in [5.74, 6) is 0.00351. The molecule has 3 fully saturated rings. The van der Waals surface area contributed by atoms with Crippen LogP contribution in [0.15, 0.2) is 48.5 Å². The number of aromatic nitrogens is 1. The van der Waals surface area contributed by atoms with Crippen LogP contribution >= 0.6 is 0 Å². The molecule has 0 spiro atoms. The van der Waals surface area contributed by atoms with Crippen LogP contribution in [0.5, 0.6) is 0 Å². The number of rotatable bonds is 3. The minimum absolute atomic E-state index is 0.0695. The lowest BCUT2D eigenvalue weighted by Gasteiger charge is -2.36. The average molecular weight is 349 g/mol. The maximum Gasteiger partial charge on any atom is 0.272 e. The molecule has 1 aromatic carbocycles. The lowest BCUT2D eigenvalue weighted by atomic mass is 9.93. The highest BCUT2D eigenvalue weighted by Gasteiger charge is 2.42. The lowest BCUT2D eigenvalue weighted by Crippen LogP contribution is -2.47. The van der Waals surface area contributed by atoms with Gasteiger partial charge in [0, 0.05) is 31.4 Å². The number of pyridine rings is 1. The van der Waals surface area contributed by atoms with E-state index in [1.807, 2.05) is 59.2 Å². The highest BCUT2D eigenvalue weighted by Crippen LogP contribution is 2.31. The fourth-order valence-corrected chi connectivity index (χ4v) is 4.02. The average Bonchev–Trinajstić information content (AvgIpc) is 2.95. The van der Waals surface area contributed by atoms with Gasteiger partial charge in [-0.2, -0.15) is 0 Å². The van der Waals surface area contributed by atoms with Crippen molar-refractivity contribution >= 4 is 11.8 Å². The molecule has 5 heteroatoms. The summed E-state index contributed by atoms with van der Waals surface area (Å²) in [6, 6.07) is 15.6. The lowest BCUT2D eigenvalue weighted by molar-refractivity contribution is -0.140. The predicted octanol–water partition coefficient (Wildman–Crippen LogP) is 2.65. The van der Waals surface area contributed by atoms with Gasteiger partial charge in [0.1, 0.15) is 5.69 Å². The van der Waals surface area contributed by atoms with E-state index in [1.165, 1.54) is 0 Å². The zero-order chi connectivity index (χ0) is 18.1. The summed E-state index contributed by atoms with van der Waals surface area (Å²) in [5.41, 5.74) is 2.43. The van der Waals surface area contributed by atoms with E-state index < -0.39 is 0 Å². The summed E-state index contributed by atoms with van der Waals surface area (Å²) in [6.45, 7) is 3.58. The van der Waals surface area contributed by atoms with Crippen molar-refractivity contribution in [2.45, 2.75) is 32.4 Å². The zero-order valence-corrected chi connectivity index (χ0v) is 15.0. The van der Waals surface area contributed by atoms with Crippen molar-refractivity contribution in [1.82, 2.24) is 14.8 Å². The van der Waals surface area contributed by atoms with Crippen molar-refractivity contribution in [1.29, 1.82) is 0 Å². The van der Waals surface area contributed by atoms with Crippen LogP contribution in [-0.2, 0) is 11.3 Å². The van der Waals surface area contributed by atoms with Gasteiger partial charge in [-0.3, -0.25) is 9.59 Å². The predicted molar refractivity (Wildman–Crippen MR) is 98.4 cm³/mol. The Morgan fingerprint density at radius 3 is 2.65 bits per heavy atom. The van der Waals surface area contributed by atoms with E-state index in [1.54, 1.807) is 6.07 Å². The van der Waals surface area contributed by atoms with Crippen molar-refractivity contribution < 1.29 is 9.59 Å². The van der Waals surface area contributed by atoms with Crippen LogP contribution in [0.1, 0.15) is 34.6 Å². The molecule has 0 N–H and O–H groups in total. The molecule has 4 heterocycles. The minimum Gasteiger partial charge on any atom is -0.334 e. The van der Waals surface area contributed by atoms with Gasteiger partial charge in [-0.15, -0.1) is 0 Å². The van der Waals surface area contributed by atoms with Gasteiger partial charge in [0.25, 0.3) is 5.91 Å². The molecule has 3 aliphatic rings. The third-order valence-corrected chi connectivity index (χ3v) is 5.38. The van der Waals surface area contributed by atoms with Gasteiger partial charge >= 0.3 is 0 Å². The van der Waals surface area contributed by atoms with E-state index >= 15 is 0 Å². The SMILES string of the molecule is Cc1cccc(C(=O)N2CC3CCC(C2)N(Cc2ccccc2)C3=O)n1. The van der Waals surface area contributed by atoms with Gasteiger partial charge in [0.05, 0.1) is 5.92 Å². The van der Waals surface area contributed by atoms with Gasteiger partial charge < -0.3 is 9.80 Å². The molecule has 5 nitrogen and oxygen atoms in total. The Balaban J connectivity index is 1.56. The first-order valence-electron chi connectivity index (χ1n) is 9.19. The smallest absolute Gasteiger partial charge is 0.272 e. The normalized spacial score (nSPS) is 22.4. The first-order chi connectivity index (χ1) is 12.6. The molecule has 3 saturated heterocycles. The molecule has 2 amide bonds. The van der Waals surface area contributed by atoms with E-state index in [0.717, 1.165) is 24.1 Å².